The largest absolute Gasteiger partial charge is 0.316 e. The molecule has 2 unspecified atom stereocenters. The van der Waals surface area contributed by atoms with Crippen molar-refractivity contribution in [3.8, 4) is 0 Å². The van der Waals surface area contributed by atoms with Gasteiger partial charge in [-0.1, -0.05) is 13.0 Å². The van der Waals surface area contributed by atoms with Crippen LogP contribution >= 0.6 is 0 Å². The number of hydrogen-bond acceptors (Lipinski definition) is 1. The van der Waals surface area contributed by atoms with E-state index in [1.807, 2.05) is 0 Å². The van der Waals surface area contributed by atoms with Crippen LogP contribution in [0.15, 0.2) is 18.2 Å². The number of rotatable bonds is 2. The van der Waals surface area contributed by atoms with Crippen molar-refractivity contribution in [1.82, 2.24) is 5.32 Å². The fourth-order valence-corrected chi connectivity index (χ4v) is 2.42. The fraction of sp³-hybridized carbons (Fsp3) is 0.538. The molecule has 0 spiro atoms. The first kappa shape index (κ1) is 11.5. The van der Waals surface area contributed by atoms with E-state index in [0.717, 1.165) is 25.6 Å². The minimum absolute atomic E-state index is 0.418. The molecule has 1 nitrogen and oxygen atoms in total. The second-order valence-electron chi connectivity index (χ2n) is 4.81. The van der Waals surface area contributed by atoms with Gasteiger partial charge in [0, 0.05) is 6.07 Å². The van der Waals surface area contributed by atoms with Gasteiger partial charge in [-0.15, -0.1) is 0 Å². The van der Waals surface area contributed by atoms with Crippen LogP contribution in [0.4, 0.5) is 8.78 Å². The van der Waals surface area contributed by atoms with Crippen LogP contribution in [-0.2, 0) is 6.42 Å². The van der Waals surface area contributed by atoms with Crippen LogP contribution in [0.1, 0.15) is 18.9 Å². The minimum atomic E-state index is -0.503. The lowest BCUT2D eigenvalue weighted by Gasteiger charge is -2.27. The number of piperidine rings is 1. The van der Waals surface area contributed by atoms with Gasteiger partial charge in [-0.3, -0.25) is 0 Å². The van der Waals surface area contributed by atoms with Crippen molar-refractivity contribution in [3.05, 3.63) is 35.4 Å². The van der Waals surface area contributed by atoms with E-state index in [-0.39, 0.29) is 0 Å². The Morgan fingerprint density at radius 2 is 2.12 bits per heavy atom. The molecule has 2 atom stereocenters. The summed E-state index contributed by atoms with van der Waals surface area (Å²) in [6, 6.07) is 3.86. The molecule has 1 aromatic carbocycles. The molecule has 1 saturated heterocycles. The molecular weight excluding hydrogens is 208 g/mol. The Balaban J connectivity index is 2.02. The maximum atomic E-state index is 13.4. The Bertz CT molecular complexity index is 365. The Morgan fingerprint density at radius 3 is 2.81 bits per heavy atom. The first-order valence-electron chi connectivity index (χ1n) is 5.80. The Hall–Kier alpha value is -0.960. The van der Waals surface area contributed by atoms with Gasteiger partial charge in [0.2, 0.25) is 0 Å². The van der Waals surface area contributed by atoms with Gasteiger partial charge in [0.05, 0.1) is 0 Å². The highest BCUT2D eigenvalue weighted by molar-refractivity contribution is 5.19. The molecule has 0 bridgehead atoms. The van der Waals surface area contributed by atoms with Gasteiger partial charge < -0.3 is 5.32 Å². The van der Waals surface area contributed by atoms with Crippen molar-refractivity contribution in [1.29, 1.82) is 0 Å². The smallest absolute Gasteiger partial charge is 0.129 e. The highest BCUT2D eigenvalue weighted by Crippen LogP contribution is 2.21. The normalized spacial score (nSPS) is 25.7. The zero-order chi connectivity index (χ0) is 11.5. The first-order valence-corrected chi connectivity index (χ1v) is 5.80. The molecule has 1 aliphatic rings. The van der Waals surface area contributed by atoms with Gasteiger partial charge in [-0.2, -0.15) is 0 Å². The topological polar surface area (TPSA) is 12.0 Å². The standard InChI is InChI=1S/C13H17F2N/c1-9-4-10(8-16-7-9)5-11-2-3-12(14)6-13(11)15/h2-3,6,9-10,16H,4-5,7-8H2,1H3. The van der Waals surface area contributed by atoms with Gasteiger partial charge in [-0.25, -0.2) is 8.78 Å². The second-order valence-corrected chi connectivity index (χ2v) is 4.81. The van der Waals surface area contributed by atoms with Crippen LogP contribution < -0.4 is 5.32 Å². The van der Waals surface area contributed by atoms with Crippen molar-refractivity contribution in [3.63, 3.8) is 0 Å². The average Bonchev–Trinajstić information content (AvgIpc) is 2.22. The van der Waals surface area contributed by atoms with Crippen molar-refractivity contribution in [2.24, 2.45) is 11.8 Å². The number of halogens is 2. The summed E-state index contributed by atoms with van der Waals surface area (Å²) in [5.74, 6) is 0.181. The van der Waals surface area contributed by atoms with Crippen LogP contribution in [0.2, 0.25) is 0 Å². The molecule has 3 heteroatoms. The molecular formula is C13H17F2N. The third kappa shape index (κ3) is 2.79. The summed E-state index contributed by atoms with van der Waals surface area (Å²) in [4.78, 5) is 0. The molecule has 1 fully saturated rings. The molecule has 88 valence electrons. The lowest BCUT2D eigenvalue weighted by molar-refractivity contribution is 0.299. The molecule has 0 aliphatic carbocycles. The van der Waals surface area contributed by atoms with E-state index in [0.29, 0.717) is 23.8 Å². The van der Waals surface area contributed by atoms with E-state index in [1.165, 1.54) is 6.07 Å². The Morgan fingerprint density at radius 1 is 1.31 bits per heavy atom. The summed E-state index contributed by atoms with van der Waals surface area (Å²) in [7, 11) is 0. The minimum Gasteiger partial charge on any atom is -0.316 e. The predicted molar refractivity (Wildman–Crippen MR) is 60.2 cm³/mol. The van der Waals surface area contributed by atoms with Crippen LogP contribution in [-0.4, -0.2) is 13.1 Å². The van der Waals surface area contributed by atoms with Gasteiger partial charge in [-0.05, 0) is 49.4 Å². The lowest BCUT2D eigenvalue weighted by Crippen LogP contribution is -2.36. The summed E-state index contributed by atoms with van der Waals surface area (Å²) in [6.07, 6.45) is 1.81. The molecule has 1 N–H and O–H groups in total. The predicted octanol–water partition coefficient (Wildman–Crippen LogP) is 2.75. The molecule has 0 saturated carbocycles. The zero-order valence-electron chi connectivity index (χ0n) is 9.47. The van der Waals surface area contributed by atoms with Crippen molar-refractivity contribution >= 4 is 0 Å². The van der Waals surface area contributed by atoms with Crippen LogP contribution in [0, 0.1) is 23.5 Å². The number of hydrogen-bond donors (Lipinski definition) is 1. The Kier molecular flexibility index (Phi) is 3.54. The summed E-state index contributed by atoms with van der Waals surface area (Å²) < 4.78 is 26.2. The zero-order valence-corrected chi connectivity index (χ0v) is 9.47. The van der Waals surface area contributed by atoms with Gasteiger partial charge in [0.15, 0.2) is 0 Å². The molecule has 1 aromatic rings. The van der Waals surface area contributed by atoms with Gasteiger partial charge in [0.25, 0.3) is 0 Å². The molecule has 0 aromatic heterocycles. The second kappa shape index (κ2) is 4.91. The summed E-state index contributed by atoms with van der Waals surface area (Å²) in [6.45, 7) is 4.17. The molecule has 16 heavy (non-hydrogen) atoms. The van der Waals surface area contributed by atoms with Crippen molar-refractivity contribution < 1.29 is 8.78 Å². The molecule has 0 radical (unpaired) electrons. The number of benzene rings is 1. The molecule has 1 aliphatic heterocycles. The highest BCUT2D eigenvalue weighted by Gasteiger charge is 2.19. The van der Waals surface area contributed by atoms with Crippen molar-refractivity contribution in [2.75, 3.05) is 13.1 Å². The molecule has 1 heterocycles. The summed E-state index contributed by atoms with van der Waals surface area (Å²) >= 11 is 0. The quantitative estimate of drug-likeness (QED) is 0.816. The summed E-state index contributed by atoms with van der Waals surface area (Å²) in [5.41, 5.74) is 0.627. The van der Waals surface area contributed by atoms with Gasteiger partial charge in [0.1, 0.15) is 11.6 Å². The van der Waals surface area contributed by atoms with E-state index < -0.39 is 11.6 Å². The van der Waals surface area contributed by atoms with E-state index in [1.54, 1.807) is 6.07 Å². The fourth-order valence-electron chi connectivity index (χ4n) is 2.42. The van der Waals surface area contributed by atoms with E-state index in [4.69, 9.17) is 0 Å². The van der Waals surface area contributed by atoms with E-state index >= 15 is 0 Å². The van der Waals surface area contributed by atoms with Crippen LogP contribution in [0.25, 0.3) is 0 Å². The van der Waals surface area contributed by atoms with Gasteiger partial charge >= 0.3 is 0 Å². The number of nitrogens with one attached hydrogen (secondary N) is 1. The average molecular weight is 225 g/mol. The maximum Gasteiger partial charge on any atom is 0.129 e. The van der Waals surface area contributed by atoms with E-state index in [9.17, 15) is 8.78 Å². The monoisotopic (exact) mass is 225 g/mol. The summed E-state index contributed by atoms with van der Waals surface area (Å²) in [5, 5.41) is 3.34. The Labute approximate surface area is 94.9 Å². The first-order chi connectivity index (χ1) is 7.65. The van der Waals surface area contributed by atoms with Crippen LogP contribution in [0.3, 0.4) is 0 Å². The maximum absolute atomic E-state index is 13.4. The third-order valence-corrected chi connectivity index (χ3v) is 3.19. The third-order valence-electron chi connectivity index (χ3n) is 3.19. The van der Waals surface area contributed by atoms with Crippen LogP contribution in [0.5, 0.6) is 0 Å². The van der Waals surface area contributed by atoms with Crippen molar-refractivity contribution in [2.45, 2.75) is 19.8 Å². The molecule has 0 amide bonds. The van der Waals surface area contributed by atoms with E-state index in [2.05, 4.69) is 12.2 Å². The SMILES string of the molecule is CC1CNCC(Cc2ccc(F)cc2F)C1. The lowest BCUT2D eigenvalue weighted by atomic mass is 9.87. The highest BCUT2D eigenvalue weighted by atomic mass is 19.1. The molecule has 2 rings (SSSR count).